The van der Waals surface area contributed by atoms with Crippen molar-refractivity contribution in [2.45, 2.75) is 231 Å². The van der Waals surface area contributed by atoms with Gasteiger partial charge in [-0.25, -0.2) is 14.4 Å². The van der Waals surface area contributed by atoms with Crippen molar-refractivity contribution in [2.24, 2.45) is 50.2 Å². The number of hydrogen-bond acceptors (Lipinski definition) is 22. The van der Waals surface area contributed by atoms with Crippen LogP contribution in [0.1, 0.15) is 115 Å². The predicted molar refractivity (Wildman–Crippen MR) is 277 cm³/mol. The van der Waals surface area contributed by atoms with Crippen LogP contribution in [0.15, 0.2) is 34.9 Å². The third kappa shape index (κ3) is 9.76. The van der Waals surface area contributed by atoms with Crippen LogP contribution in [0.2, 0.25) is 0 Å². The summed E-state index contributed by atoms with van der Waals surface area (Å²) >= 11 is 0. The number of carboxylic acids is 1. The van der Waals surface area contributed by atoms with E-state index in [-0.39, 0.29) is 23.8 Å². The molecular weight excluding hydrogens is 1050 g/mol. The molecule has 0 aromatic carbocycles. The summed E-state index contributed by atoms with van der Waals surface area (Å²) in [4.78, 5) is 40.3. The quantitative estimate of drug-likeness (QED) is 0.0480. The van der Waals surface area contributed by atoms with Crippen LogP contribution in [0.4, 0.5) is 0 Å². The van der Waals surface area contributed by atoms with Gasteiger partial charge in [0.05, 0.1) is 43.5 Å². The lowest BCUT2D eigenvalue weighted by molar-refractivity contribution is -0.386. The largest absolute Gasteiger partial charge is 0.479 e. The second-order valence-corrected chi connectivity index (χ2v) is 26.0. The number of aliphatic hydroxyl groups excluding tert-OH is 11. The van der Waals surface area contributed by atoms with Gasteiger partial charge < -0.3 is 99.2 Å². The molecule has 8 aliphatic rings. The van der Waals surface area contributed by atoms with Crippen molar-refractivity contribution in [3.8, 4) is 0 Å². The van der Waals surface area contributed by atoms with E-state index < -0.39 is 193 Å². The van der Waals surface area contributed by atoms with Gasteiger partial charge in [-0.1, -0.05) is 72.3 Å². The molecule has 23 heteroatoms. The molecule has 9 unspecified atom stereocenters. The van der Waals surface area contributed by atoms with Crippen LogP contribution in [0.5, 0.6) is 0 Å². The lowest BCUT2D eigenvalue weighted by atomic mass is 9.32. The molecule has 3 aliphatic heterocycles. The molecule has 0 aromatic rings. The second-order valence-electron chi connectivity index (χ2n) is 26.0. The van der Waals surface area contributed by atoms with Gasteiger partial charge in [0.15, 0.2) is 31.1 Å². The summed E-state index contributed by atoms with van der Waals surface area (Å²) in [6.45, 7) is 18.4. The van der Waals surface area contributed by atoms with E-state index >= 15 is 0 Å². The smallest absolute Gasteiger partial charge is 0.335 e. The highest BCUT2D eigenvalue weighted by Crippen LogP contribution is 2.76. The first-order valence-corrected chi connectivity index (χ1v) is 28.1. The standard InChI is InChI=1S/C57H88O23/c1-12-24(3)47(71)79-44-45(80-48(72)25(4)13-2)57(23-60)27(20-52(44,5)6)26-14-15-31-54(9)18-17-32(53(7,8)30(54)16-19-55(31,10)56(26,11)42(67)43(57)68)75-51-41(78-50-37(65)35(63)33(61)28(21-58)73-50)39(38(66)40(77-51)46(69)70)76-49-36(64)34(62)29(22-59)74-49/h12-14,27-45,49-51,58-68H,15-23H2,1-11H3,(H,69,70)/b24-12-,25-13-/t27?,28?,29-,30?,31?,32?,33+,34?,35+,36+,37?,38-,39+,40?,41?,42+,43-,44+,45+,49+,50+,51-,54+,55-,56+,57+/m1/s1. The number of rotatable bonds is 14. The van der Waals surface area contributed by atoms with E-state index in [9.17, 15) is 75.7 Å². The molecule has 0 spiro atoms. The number of fused-ring (bicyclic) bond motifs is 7. The zero-order valence-electron chi connectivity index (χ0n) is 47.7. The molecule has 0 radical (unpaired) electrons. The molecular formula is C57H88O23. The van der Waals surface area contributed by atoms with Crippen LogP contribution in [0.25, 0.3) is 0 Å². The maximum absolute atomic E-state index is 13.9. The fourth-order valence-electron chi connectivity index (χ4n) is 16.2. The lowest BCUT2D eigenvalue weighted by Crippen LogP contribution is -2.76. The van der Waals surface area contributed by atoms with Crippen molar-refractivity contribution >= 4 is 17.9 Å². The summed E-state index contributed by atoms with van der Waals surface area (Å²) in [6.07, 6.45) is -24.0. The molecule has 3 heterocycles. The number of carboxylic acid groups (broad SMARTS) is 1. The van der Waals surface area contributed by atoms with Gasteiger partial charge in [-0.2, -0.15) is 0 Å². The molecule has 5 aliphatic carbocycles. The Kier molecular flexibility index (Phi) is 17.9. The van der Waals surface area contributed by atoms with Gasteiger partial charge >= 0.3 is 17.9 Å². The van der Waals surface area contributed by atoms with Gasteiger partial charge in [-0.15, -0.1) is 0 Å². The molecule has 12 N–H and O–H groups in total. The van der Waals surface area contributed by atoms with Gasteiger partial charge in [0.2, 0.25) is 0 Å². The first-order chi connectivity index (χ1) is 37.3. The Morgan fingerprint density at radius 3 is 1.71 bits per heavy atom. The third-order valence-electron chi connectivity index (χ3n) is 21.4. The number of esters is 2. The van der Waals surface area contributed by atoms with Crippen LogP contribution in [-0.4, -0.2) is 216 Å². The van der Waals surface area contributed by atoms with Crippen LogP contribution in [-0.2, 0) is 52.3 Å². The van der Waals surface area contributed by atoms with E-state index in [0.717, 1.165) is 5.57 Å². The maximum Gasteiger partial charge on any atom is 0.335 e. The topological polar surface area (TPSA) is 368 Å². The van der Waals surface area contributed by atoms with Gasteiger partial charge in [0, 0.05) is 22.0 Å². The predicted octanol–water partition coefficient (Wildman–Crippen LogP) is 0.263. The molecule has 0 amide bonds. The Bertz CT molecular complexity index is 2390. The number of carbonyl (C=O) groups is 3. The van der Waals surface area contributed by atoms with Crippen LogP contribution in [0, 0.1) is 50.2 Å². The van der Waals surface area contributed by atoms with E-state index in [0.29, 0.717) is 37.7 Å². The maximum atomic E-state index is 13.9. The number of carbonyl (C=O) groups excluding carboxylic acids is 2. The van der Waals surface area contributed by atoms with E-state index in [1.54, 1.807) is 39.8 Å². The van der Waals surface area contributed by atoms with E-state index in [4.69, 9.17) is 37.9 Å². The van der Waals surface area contributed by atoms with Crippen molar-refractivity contribution in [3.05, 3.63) is 34.9 Å². The normalized spacial score (nSPS) is 49.0. The molecule has 0 bridgehead atoms. The van der Waals surface area contributed by atoms with Crippen LogP contribution < -0.4 is 0 Å². The van der Waals surface area contributed by atoms with Gasteiger partial charge in [0.25, 0.3) is 0 Å². The van der Waals surface area contributed by atoms with Gasteiger partial charge in [-0.05, 0) is 100 Å². The molecule has 7 fully saturated rings. The first-order valence-electron chi connectivity index (χ1n) is 28.1. The number of hydrogen-bond donors (Lipinski definition) is 12. The molecule has 80 heavy (non-hydrogen) atoms. The summed E-state index contributed by atoms with van der Waals surface area (Å²) in [6, 6.07) is 0. The summed E-state index contributed by atoms with van der Waals surface area (Å²) in [7, 11) is 0. The van der Waals surface area contributed by atoms with E-state index in [2.05, 4.69) is 19.9 Å². The zero-order chi connectivity index (χ0) is 59.3. The Labute approximate surface area is 466 Å². The summed E-state index contributed by atoms with van der Waals surface area (Å²) in [5.74, 6) is -4.01. The highest BCUT2D eigenvalue weighted by molar-refractivity contribution is 5.89. The Balaban J connectivity index is 1.14. The minimum Gasteiger partial charge on any atom is -0.479 e. The monoisotopic (exact) mass is 1140 g/mol. The Morgan fingerprint density at radius 1 is 0.637 bits per heavy atom. The molecule has 3 saturated heterocycles. The molecule has 0 aromatic heterocycles. The third-order valence-corrected chi connectivity index (χ3v) is 21.4. The van der Waals surface area contributed by atoms with Crippen LogP contribution >= 0.6 is 0 Å². The van der Waals surface area contributed by atoms with Gasteiger partial charge in [0.1, 0.15) is 67.1 Å². The lowest BCUT2D eigenvalue weighted by Gasteiger charge is -2.73. The number of ether oxygens (including phenoxy) is 8. The number of aliphatic hydroxyl groups is 11. The highest BCUT2D eigenvalue weighted by atomic mass is 16.8. The average molecular weight is 1140 g/mol. The van der Waals surface area contributed by atoms with Gasteiger partial charge in [-0.3, -0.25) is 0 Å². The highest BCUT2D eigenvalue weighted by Gasteiger charge is 2.76. The fourth-order valence-corrected chi connectivity index (χ4v) is 16.2. The summed E-state index contributed by atoms with van der Waals surface area (Å²) in [5.41, 5.74) is -4.40. The van der Waals surface area contributed by atoms with Crippen molar-refractivity contribution in [3.63, 3.8) is 0 Å². The van der Waals surface area contributed by atoms with Crippen LogP contribution in [0.3, 0.4) is 0 Å². The SMILES string of the molecule is C/C=C(/C)C(=O)O[C@H]1[C@H](OC(=O)/C(C)=C\C)[C@@]2(CO)C(CC1(C)C)C1=CCC3[C@@]4(C)CCC(O[C@@H]5OC(C(=O)O)[C@H](O)[C@H](O[C@@H]6O[C@H](CO)C(O)[C@@H]6O)C5O[C@@H]5OC(CO)[C@H](O)[C@H](O)C5O)C(C)(C)C4CC[C@@]3(C)[C@]1(C)[C@@H](O)[C@H]2O. The number of allylic oxidation sites excluding steroid dienone is 3. The van der Waals surface area contributed by atoms with Crippen molar-refractivity contribution in [1.29, 1.82) is 0 Å². The fraction of sp³-hybridized carbons (Fsp3) is 0.842. The second kappa shape index (κ2) is 22.7. The van der Waals surface area contributed by atoms with E-state index in [1.807, 2.05) is 34.6 Å². The van der Waals surface area contributed by atoms with Crippen molar-refractivity contribution in [1.82, 2.24) is 0 Å². The minimum atomic E-state index is -2.13. The van der Waals surface area contributed by atoms with E-state index in [1.165, 1.54) is 0 Å². The number of aliphatic carboxylic acids is 1. The Hall–Kier alpha value is -3.05. The zero-order valence-corrected chi connectivity index (χ0v) is 47.7. The molecule has 8 rings (SSSR count). The van der Waals surface area contributed by atoms with Crippen molar-refractivity contribution < 1.29 is 114 Å². The van der Waals surface area contributed by atoms with Crippen molar-refractivity contribution in [2.75, 3.05) is 19.8 Å². The Morgan fingerprint density at radius 2 is 1.18 bits per heavy atom. The first kappa shape index (κ1) is 63.0. The molecule has 4 saturated carbocycles. The molecule has 26 atom stereocenters. The molecule has 23 nitrogen and oxygen atoms in total. The average Bonchev–Trinajstić information content (AvgIpc) is 3.72. The summed E-state index contributed by atoms with van der Waals surface area (Å²) < 4.78 is 49.0. The summed E-state index contributed by atoms with van der Waals surface area (Å²) in [5, 5.41) is 134. The minimum absolute atomic E-state index is 0.153. The molecule has 454 valence electrons.